The molecule has 1 aromatic rings. The highest BCUT2D eigenvalue weighted by Crippen LogP contribution is 2.29. The van der Waals surface area contributed by atoms with Crippen molar-refractivity contribution in [2.24, 2.45) is 11.8 Å². The van der Waals surface area contributed by atoms with E-state index < -0.39 is 5.60 Å². The molecule has 1 fully saturated rings. The highest BCUT2D eigenvalue weighted by molar-refractivity contribution is 5.73. The van der Waals surface area contributed by atoms with E-state index in [4.69, 9.17) is 4.74 Å². The first kappa shape index (κ1) is 16.8. The Balaban J connectivity index is 2.18. The first-order chi connectivity index (χ1) is 10.2. The number of esters is 1. The number of piperidine rings is 1. The molecule has 0 spiro atoms. The van der Waals surface area contributed by atoms with Crippen molar-refractivity contribution < 1.29 is 14.6 Å². The molecule has 1 aliphatic heterocycles. The molecule has 6 nitrogen and oxygen atoms in total. The van der Waals surface area contributed by atoms with Crippen molar-refractivity contribution in [1.82, 2.24) is 9.78 Å². The van der Waals surface area contributed by atoms with Crippen molar-refractivity contribution in [2.45, 2.75) is 46.3 Å². The number of aromatic nitrogens is 2. The largest absolute Gasteiger partial charge is 0.469 e. The molecule has 124 valence electrons. The first-order valence-corrected chi connectivity index (χ1v) is 7.79. The summed E-state index contributed by atoms with van der Waals surface area (Å²) in [4.78, 5) is 14.1. The van der Waals surface area contributed by atoms with Crippen LogP contribution in [-0.4, -0.2) is 46.7 Å². The molecule has 2 heterocycles. The van der Waals surface area contributed by atoms with Gasteiger partial charge in [-0.1, -0.05) is 6.92 Å². The Morgan fingerprint density at radius 3 is 2.77 bits per heavy atom. The Kier molecular flexibility index (Phi) is 4.80. The molecule has 0 radical (unpaired) electrons. The van der Waals surface area contributed by atoms with Crippen LogP contribution in [0.4, 0.5) is 5.69 Å². The van der Waals surface area contributed by atoms with Gasteiger partial charge in [0.15, 0.2) is 0 Å². The maximum absolute atomic E-state index is 11.9. The van der Waals surface area contributed by atoms with Crippen LogP contribution in [0.5, 0.6) is 0 Å². The number of carbonyl (C=O) groups excluding carboxylic acids is 1. The minimum atomic E-state index is -0.808. The second-order valence-corrected chi connectivity index (χ2v) is 7.05. The van der Waals surface area contributed by atoms with Gasteiger partial charge in [0.25, 0.3) is 0 Å². The molecular weight excluding hydrogens is 282 g/mol. The van der Waals surface area contributed by atoms with E-state index in [9.17, 15) is 9.90 Å². The summed E-state index contributed by atoms with van der Waals surface area (Å²) < 4.78 is 6.73. The SMILES string of the molecule is COC(=O)C1CC(C)CN(c2cnn(CC(C)(C)O)c2C)C1. The normalized spacial score (nSPS) is 22.7. The Morgan fingerprint density at radius 1 is 1.50 bits per heavy atom. The average molecular weight is 309 g/mol. The molecule has 2 atom stereocenters. The maximum Gasteiger partial charge on any atom is 0.310 e. The van der Waals surface area contributed by atoms with E-state index in [1.165, 1.54) is 7.11 Å². The highest BCUT2D eigenvalue weighted by Gasteiger charge is 2.32. The van der Waals surface area contributed by atoms with E-state index in [2.05, 4.69) is 16.9 Å². The van der Waals surface area contributed by atoms with Crippen LogP contribution in [0, 0.1) is 18.8 Å². The molecule has 1 aliphatic rings. The van der Waals surface area contributed by atoms with Crippen LogP contribution in [0.3, 0.4) is 0 Å². The molecule has 0 aromatic carbocycles. The fourth-order valence-electron chi connectivity index (χ4n) is 3.16. The van der Waals surface area contributed by atoms with Gasteiger partial charge in [-0.25, -0.2) is 0 Å². The summed E-state index contributed by atoms with van der Waals surface area (Å²) in [5.74, 6) is 0.193. The molecule has 1 N–H and O–H groups in total. The van der Waals surface area contributed by atoms with Crippen molar-refractivity contribution in [3.63, 3.8) is 0 Å². The van der Waals surface area contributed by atoms with Crippen molar-refractivity contribution >= 4 is 11.7 Å². The van der Waals surface area contributed by atoms with Crippen LogP contribution >= 0.6 is 0 Å². The smallest absolute Gasteiger partial charge is 0.310 e. The molecule has 0 saturated carbocycles. The number of hydrogen-bond acceptors (Lipinski definition) is 5. The van der Waals surface area contributed by atoms with Gasteiger partial charge in [-0.3, -0.25) is 9.48 Å². The molecule has 1 saturated heterocycles. The van der Waals surface area contributed by atoms with Crippen molar-refractivity contribution in [1.29, 1.82) is 0 Å². The van der Waals surface area contributed by atoms with Crippen LogP contribution in [0.1, 0.15) is 32.9 Å². The zero-order valence-corrected chi connectivity index (χ0v) is 14.2. The van der Waals surface area contributed by atoms with E-state index in [0.717, 1.165) is 24.3 Å². The second kappa shape index (κ2) is 6.28. The van der Waals surface area contributed by atoms with Crippen LogP contribution in [-0.2, 0) is 16.1 Å². The third-order valence-electron chi connectivity index (χ3n) is 4.15. The molecule has 2 unspecified atom stereocenters. The maximum atomic E-state index is 11.9. The number of hydrogen-bond donors (Lipinski definition) is 1. The third kappa shape index (κ3) is 3.80. The van der Waals surface area contributed by atoms with Gasteiger partial charge in [-0.05, 0) is 33.1 Å². The van der Waals surface area contributed by atoms with Gasteiger partial charge in [0, 0.05) is 13.1 Å². The number of nitrogens with zero attached hydrogens (tertiary/aromatic N) is 3. The lowest BCUT2D eigenvalue weighted by molar-refractivity contribution is -0.146. The van der Waals surface area contributed by atoms with Gasteiger partial charge < -0.3 is 14.7 Å². The number of anilines is 1. The number of aliphatic hydroxyl groups is 1. The Morgan fingerprint density at radius 2 is 2.18 bits per heavy atom. The van der Waals surface area contributed by atoms with E-state index in [0.29, 0.717) is 19.0 Å². The Labute approximate surface area is 132 Å². The molecule has 0 amide bonds. The Hall–Kier alpha value is -1.56. The number of methoxy groups -OCH3 is 1. The van der Waals surface area contributed by atoms with Crippen LogP contribution in [0.15, 0.2) is 6.20 Å². The van der Waals surface area contributed by atoms with E-state index in [1.807, 2.05) is 17.8 Å². The lowest BCUT2D eigenvalue weighted by atomic mass is 9.90. The fourth-order valence-corrected chi connectivity index (χ4v) is 3.16. The summed E-state index contributed by atoms with van der Waals surface area (Å²) in [6.45, 7) is 9.70. The molecule has 0 aliphatic carbocycles. The van der Waals surface area contributed by atoms with Crippen LogP contribution < -0.4 is 4.90 Å². The standard InChI is InChI=1S/C16H27N3O3/c1-11-6-13(15(20)22-5)9-18(8-11)14-7-17-19(12(14)2)10-16(3,4)21/h7,11,13,21H,6,8-10H2,1-5H3. The summed E-state index contributed by atoms with van der Waals surface area (Å²) in [7, 11) is 1.44. The predicted octanol–water partition coefficient (Wildman–Crippen LogP) is 1.60. The number of rotatable bonds is 4. The monoisotopic (exact) mass is 309 g/mol. The van der Waals surface area contributed by atoms with E-state index >= 15 is 0 Å². The van der Waals surface area contributed by atoms with Gasteiger partial charge in [0.05, 0.1) is 42.8 Å². The molecule has 1 aromatic heterocycles. The quantitative estimate of drug-likeness (QED) is 0.856. The topological polar surface area (TPSA) is 67.6 Å². The average Bonchev–Trinajstić information content (AvgIpc) is 2.76. The Bertz CT molecular complexity index is 533. The van der Waals surface area contributed by atoms with Crippen LogP contribution in [0.25, 0.3) is 0 Å². The lowest BCUT2D eigenvalue weighted by Crippen LogP contribution is -2.43. The fraction of sp³-hybridized carbons (Fsp3) is 0.750. The third-order valence-corrected chi connectivity index (χ3v) is 4.15. The van der Waals surface area contributed by atoms with E-state index in [1.54, 1.807) is 13.8 Å². The van der Waals surface area contributed by atoms with Crippen LogP contribution in [0.2, 0.25) is 0 Å². The molecule has 22 heavy (non-hydrogen) atoms. The molecular formula is C16H27N3O3. The number of ether oxygens (including phenoxy) is 1. The number of carbonyl (C=O) groups is 1. The molecule has 0 bridgehead atoms. The predicted molar refractivity (Wildman–Crippen MR) is 84.8 cm³/mol. The van der Waals surface area contributed by atoms with Gasteiger partial charge in [0.2, 0.25) is 0 Å². The van der Waals surface area contributed by atoms with Crippen molar-refractivity contribution in [3.8, 4) is 0 Å². The summed E-state index contributed by atoms with van der Waals surface area (Å²) in [5, 5.41) is 14.4. The summed E-state index contributed by atoms with van der Waals surface area (Å²) in [6.07, 6.45) is 2.69. The summed E-state index contributed by atoms with van der Waals surface area (Å²) >= 11 is 0. The van der Waals surface area contributed by atoms with Gasteiger partial charge in [-0.2, -0.15) is 5.10 Å². The summed E-state index contributed by atoms with van der Waals surface area (Å²) in [6, 6.07) is 0. The van der Waals surface area contributed by atoms with Crippen molar-refractivity contribution in [2.75, 3.05) is 25.1 Å². The van der Waals surface area contributed by atoms with Gasteiger partial charge >= 0.3 is 5.97 Å². The van der Waals surface area contributed by atoms with E-state index in [-0.39, 0.29) is 11.9 Å². The van der Waals surface area contributed by atoms with Gasteiger partial charge in [0.1, 0.15) is 0 Å². The summed E-state index contributed by atoms with van der Waals surface area (Å²) in [5.41, 5.74) is 1.24. The lowest BCUT2D eigenvalue weighted by Gasteiger charge is -2.36. The second-order valence-electron chi connectivity index (χ2n) is 7.05. The zero-order valence-electron chi connectivity index (χ0n) is 14.2. The molecule has 6 heteroatoms. The highest BCUT2D eigenvalue weighted by atomic mass is 16.5. The van der Waals surface area contributed by atoms with Gasteiger partial charge in [-0.15, -0.1) is 0 Å². The minimum Gasteiger partial charge on any atom is -0.469 e. The minimum absolute atomic E-state index is 0.0919. The first-order valence-electron chi connectivity index (χ1n) is 7.79. The molecule has 2 rings (SSSR count). The van der Waals surface area contributed by atoms with Crippen molar-refractivity contribution in [3.05, 3.63) is 11.9 Å². The zero-order chi connectivity index (χ0) is 16.5.